The number of amides is 2. The Kier molecular flexibility index (Phi) is 7.51. The second kappa shape index (κ2) is 10.5. The summed E-state index contributed by atoms with van der Waals surface area (Å²) in [6.07, 6.45) is 0. The molecule has 0 bridgehead atoms. The second-order valence-electron chi connectivity index (χ2n) is 6.94. The molecule has 0 aliphatic carbocycles. The van der Waals surface area contributed by atoms with Gasteiger partial charge in [0.2, 0.25) is 5.91 Å². The van der Waals surface area contributed by atoms with Crippen molar-refractivity contribution in [2.75, 3.05) is 30.1 Å². The minimum atomic E-state index is -0.183. The third-order valence-electron chi connectivity index (χ3n) is 4.42. The molecule has 154 valence electrons. The Morgan fingerprint density at radius 2 is 1.57 bits per heavy atom. The van der Waals surface area contributed by atoms with Crippen LogP contribution in [0.3, 0.4) is 0 Å². The summed E-state index contributed by atoms with van der Waals surface area (Å²) in [4.78, 5) is 28.1. The number of carbonyl (C=O) groups excluding carboxylic acids is 2. The Morgan fingerprint density at radius 1 is 0.900 bits per heavy atom. The molecule has 0 heterocycles. The van der Waals surface area contributed by atoms with Gasteiger partial charge < -0.3 is 15.5 Å². The number of hydrogen-bond donors (Lipinski definition) is 2. The van der Waals surface area contributed by atoms with Gasteiger partial charge in [-0.05, 0) is 35.9 Å². The van der Waals surface area contributed by atoms with Crippen LogP contribution >= 0.6 is 11.8 Å². The summed E-state index contributed by atoms with van der Waals surface area (Å²) in [5, 5.41) is 5.84. The molecule has 0 atom stereocenters. The summed E-state index contributed by atoms with van der Waals surface area (Å²) in [7, 11) is 3.77. The molecule has 0 radical (unpaired) electrons. The fourth-order valence-corrected chi connectivity index (χ4v) is 3.64. The van der Waals surface area contributed by atoms with Gasteiger partial charge in [0, 0.05) is 36.9 Å². The van der Waals surface area contributed by atoms with Gasteiger partial charge in [-0.2, -0.15) is 0 Å². The molecule has 3 aromatic rings. The highest BCUT2D eigenvalue weighted by atomic mass is 32.2. The van der Waals surface area contributed by atoms with E-state index in [1.54, 1.807) is 6.07 Å². The molecule has 0 aliphatic rings. The standard InChI is InChI=1S/C24H25N3O2S/c1-27(2)22-14-13-19(26-23(28)17-30-20-11-7-4-8-12-20)15-21(22)24(29)25-16-18-9-5-3-6-10-18/h3-15H,16-17H2,1-2H3,(H,25,29)(H,26,28). The van der Waals surface area contributed by atoms with E-state index in [2.05, 4.69) is 10.6 Å². The van der Waals surface area contributed by atoms with Crippen molar-refractivity contribution in [1.82, 2.24) is 5.32 Å². The minimum Gasteiger partial charge on any atom is -0.377 e. The van der Waals surface area contributed by atoms with Gasteiger partial charge in [0.1, 0.15) is 0 Å². The number of anilines is 2. The smallest absolute Gasteiger partial charge is 0.253 e. The molecule has 3 rings (SSSR count). The van der Waals surface area contributed by atoms with Gasteiger partial charge in [-0.1, -0.05) is 48.5 Å². The molecule has 30 heavy (non-hydrogen) atoms. The molecule has 6 heteroatoms. The quantitative estimate of drug-likeness (QED) is 0.531. The van der Waals surface area contributed by atoms with Crippen LogP contribution in [0.15, 0.2) is 83.8 Å². The van der Waals surface area contributed by atoms with Crippen LogP contribution in [0.25, 0.3) is 0 Å². The fraction of sp³-hybridized carbons (Fsp3) is 0.167. The van der Waals surface area contributed by atoms with Crippen molar-refractivity contribution < 1.29 is 9.59 Å². The Balaban J connectivity index is 1.67. The van der Waals surface area contributed by atoms with Gasteiger partial charge in [-0.3, -0.25) is 9.59 Å². The minimum absolute atomic E-state index is 0.114. The van der Waals surface area contributed by atoms with Crippen LogP contribution in [0.5, 0.6) is 0 Å². The van der Waals surface area contributed by atoms with Crippen molar-refractivity contribution in [1.29, 1.82) is 0 Å². The lowest BCUT2D eigenvalue weighted by Gasteiger charge is -2.18. The number of carbonyl (C=O) groups is 2. The maximum absolute atomic E-state index is 12.8. The highest BCUT2D eigenvalue weighted by Crippen LogP contribution is 2.24. The lowest BCUT2D eigenvalue weighted by molar-refractivity contribution is -0.113. The summed E-state index contributed by atoms with van der Waals surface area (Å²) in [5.41, 5.74) is 2.94. The first-order valence-electron chi connectivity index (χ1n) is 9.64. The Labute approximate surface area is 181 Å². The Bertz CT molecular complexity index is 992. The zero-order valence-corrected chi connectivity index (χ0v) is 17.9. The first kappa shape index (κ1) is 21.5. The van der Waals surface area contributed by atoms with Gasteiger partial charge in [0.25, 0.3) is 5.91 Å². The van der Waals surface area contributed by atoms with E-state index in [1.807, 2.05) is 91.8 Å². The Morgan fingerprint density at radius 3 is 2.23 bits per heavy atom. The maximum atomic E-state index is 12.8. The first-order chi connectivity index (χ1) is 14.5. The first-order valence-corrected chi connectivity index (χ1v) is 10.6. The van der Waals surface area contributed by atoms with E-state index in [0.717, 1.165) is 16.1 Å². The van der Waals surface area contributed by atoms with Crippen molar-refractivity contribution >= 4 is 35.0 Å². The van der Waals surface area contributed by atoms with Crippen LogP contribution in [-0.2, 0) is 11.3 Å². The zero-order valence-electron chi connectivity index (χ0n) is 17.1. The highest BCUT2D eigenvalue weighted by Gasteiger charge is 2.15. The molecule has 2 amide bonds. The van der Waals surface area contributed by atoms with Gasteiger partial charge in [-0.15, -0.1) is 11.8 Å². The SMILES string of the molecule is CN(C)c1ccc(NC(=O)CSc2ccccc2)cc1C(=O)NCc1ccccc1. The average molecular weight is 420 g/mol. The predicted octanol–water partition coefficient (Wildman–Crippen LogP) is 4.41. The second-order valence-corrected chi connectivity index (χ2v) is 7.99. The average Bonchev–Trinajstić information content (AvgIpc) is 2.77. The summed E-state index contributed by atoms with van der Waals surface area (Å²) in [6.45, 7) is 0.441. The van der Waals surface area contributed by atoms with Crippen LogP contribution in [-0.4, -0.2) is 31.7 Å². The predicted molar refractivity (Wildman–Crippen MR) is 124 cm³/mol. The van der Waals surface area contributed by atoms with Crippen LogP contribution in [0, 0.1) is 0 Å². The summed E-state index contributed by atoms with van der Waals surface area (Å²) in [6, 6.07) is 24.9. The van der Waals surface area contributed by atoms with Gasteiger partial charge >= 0.3 is 0 Å². The molecule has 0 saturated carbocycles. The molecule has 0 spiro atoms. The van der Waals surface area contributed by atoms with Gasteiger partial charge in [0.15, 0.2) is 0 Å². The normalized spacial score (nSPS) is 10.3. The third kappa shape index (κ3) is 6.12. The fourth-order valence-electron chi connectivity index (χ4n) is 2.92. The molecule has 5 nitrogen and oxygen atoms in total. The maximum Gasteiger partial charge on any atom is 0.253 e. The lowest BCUT2D eigenvalue weighted by Crippen LogP contribution is -2.26. The van der Waals surface area contributed by atoms with Gasteiger partial charge in [-0.25, -0.2) is 0 Å². The van der Waals surface area contributed by atoms with Crippen molar-refractivity contribution in [3.05, 3.63) is 90.0 Å². The van der Waals surface area contributed by atoms with E-state index in [0.29, 0.717) is 23.5 Å². The van der Waals surface area contributed by atoms with E-state index in [4.69, 9.17) is 0 Å². The number of benzene rings is 3. The van der Waals surface area contributed by atoms with E-state index >= 15 is 0 Å². The number of nitrogens with zero attached hydrogens (tertiary/aromatic N) is 1. The largest absolute Gasteiger partial charge is 0.377 e. The third-order valence-corrected chi connectivity index (χ3v) is 5.43. The number of nitrogens with one attached hydrogen (secondary N) is 2. The molecule has 0 aliphatic heterocycles. The molecule has 2 N–H and O–H groups in total. The summed E-state index contributed by atoms with van der Waals surface area (Å²) < 4.78 is 0. The van der Waals surface area contributed by atoms with E-state index < -0.39 is 0 Å². The number of rotatable bonds is 8. The molecule has 3 aromatic carbocycles. The number of hydrogen-bond acceptors (Lipinski definition) is 4. The monoisotopic (exact) mass is 419 g/mol. The van der Waals surface area contributed by atoms with E-state index in [9.17, 15) is 9.59 Å². The topological polar surface area (TPSA) is 61.4 Å². The van der Waals surface area contributed by atoms with E-state index in [1.165, 1.54) is 11.8 Å². The molecule has 0 saturated heterocycles. The molecule has 0 unspecified atom stereocenters. The van der Waals surface area contributed by atoms with Crippen molar-refractivity contribution in [2.24, 2.45) is 0 Å². The highest BCUT2D eigenvalue weighted by molar-refractivity contribution is 8.00. The Hall–Kier alpha value is -3.25. The molecule has 0 fully saturated rings. The molecular weight excluding hydrogens is 394 g/mol. The molecule has 0 aromatic heterocycles. The zero-order chi connectivity index (χ0) is 21.3. The van der Waals surface area contributed by atoms with Gasteiger partial charge in [0.05, 0.1) is 11.3 Å². The lowest BCUT2D eigenvalue weighted by atomic mass is 10.1. The van der Waals surface area contributed by atoms with Crippen molar-refractivity contribution in [2.45, 2.75) is 11.4 Å². The van der Waals surface area contributed by atoms with Crippen LogP contribution in [0.1, 0.15) is 15.9 Å². The molecular formula is C24H25N3O2S. The van der Waals surface area contributed by atoms with Crippen LogP contribution < -0.4 is 15.5 Å². The summed E-state index contributed by atoms with van der Waals surface area (Å²) >= 11 is 1.47. The van der Waals surface area contributed by atoms with Crippen molar-refractivity contribution in [3.63, 3.8) is 0 Å². The van der Waals surface area contributed by atoms with Crippen molar-refractivity contribution in [3.8, 4) is 0 Å². The van der Waals surface area contributed by atoms with Crippen LogP contribution in [0.4, 0.5) is 11.4 Å². The van der Waals surface area contributed by atoms with E-state index in [-0.39, 0.29) is 11.8 Å². The number of thioether (sulfide) groups is 1. The van der Waals surface area contributed by atoms with Crippen LogP contribution in [0.2, 0.25) is 0 Å². The summed E-state index contributed by atoms with van der Waals surface area (Å²) in [5.74, 6) is 0.00374.